The molecule has 0 spiro atoms. The summed E-state index contributed by atoms with van der Waals surface area (Å²) < 4.78 is 46.3. The number of nitrogens with one attached hydrogen (secondary N) is 1. The molecule has 0 aliphatic rings. The molecule has 0 fully saturated rings. The molecule has 0 saturated carbocycles. The van der Waals surface area contributed by atoms with E-state index in [0.29, 0.717) is 23.2 Å². The molecule has 0 unspecified atom stereocenters. The molecule has 1 N–H and O–H groups in total. The zero-order valence-corrected chi connectivity index (χ0v) is 15.0. The van der Waals surface area contributed by atoms with Crippen LogP contribution in [0.1, 0.15) is 12.5 Å². The molecule has 2 rings (SSSR count). The number of rotatable bonds is 7. The lowest BCUT2D eigenvalue weighted by atomic mass is 10.1. The minimum Gasteiger partial charge on any atom is -0.492 e. The predicted molar refractivity (Wildman–Crippen MR) is 90.6 cm³/mol. The first-order valence-corrected chi connectivity index (χ1v) is 9.36. The van der Waals surface area contributed by atoms with E-state index in [1.807, 2.05) is 0 Å². The molecule has 0 atom stereocenters. The van der Waals surface area contributed by atoms with Crippen molar-refractivity contribution in [1.82, 2.24) is 4.72 Å². The second-order valence-electron chi connectivity index (χ2n) is 4.80. The topological polar surface area (TPSA) is 55.4 Å². The maximum absolute atomic E-state index is 12.8. The molecule has 0 amide bonds. The molecule has 0 radical (unpaired) electrons. The van der Waals surface area contributed by atoms with Crippen molar-refractivity contribution in [2.75, 3.05) is 13.2 Å². The van der Waals surface area contributed by atoms with Gasteiger partial charge in [-0.1, -0.05) is 28.1 Å². The van der Waals surface area contributed by atoms with E-state index in [0.717, 1.165) is 5.56 Å². The number of hydrogen-bond acceptors (Lipinski definition) is 3. The third-order valence-electron chi connectivity index (χ3n) is 3.11. The minimum absolute atomic E-state index is 0.0906. The van der Waals surface area contributed by atoms with Crippen LogP contribution in [-0.2, 0) is 16.4 Å². The highest BCUT2D eigenvalue weighted by Gasteiger charge is 2.19. The van der Waals surface area contributed by atoms with Gasteiger partial charge >= 0.3 is 0 Å². The lowest BCUT2D eigenvalue weighted by Gasteiger charge is -2.12. The molecule has 2 aromatic carbocycles. The number of benzene rings is 2. The highest BCUT2D eigenvalue weighted by Crippen LogP contribution is 2.27. The van der Waals surface area contributed by atoms with Gasteiger partial charge in [-0.15, -0.1) is 0 Å². The van der Waals surface area contributed by atoms with Crippen LogP contribution in [0.5, 0.6) is 5.75 Å². The van der Waals surface area contributed by atoms with Crippen LogP contribution in [0.2, 0.25) is 0 Å². The van der Waals surface area contributed by atoms with Crippen LogP contribution in [0.15, 0.2) is 51.8 Å². The van der Waals surface area contributed by atoms with Gasteiger partial charge in [-0.05, 0) is 49.2 Å². The van der Waals surface area contributed by atoms with E-state index in [2.05, 4.69) is 20.7 Å². The van der Waals surface area contributed by atoms with Crippen LogP contribution in [-0.4, -0.2) is 21.6 Å². The maximum atomic E-state index is 12.8. The summed E-state index contributed by atoms with van der Waals surface area (Å²) in [5.74, 6) is -0.00481. The minimum atomic E-state index is -3.69. The first-order chi connectivity index (χ1) is 10.9. The van der Waals surface area contributed by atoms with Crippen LogP contribution < -0.4 is 9.46 Å². The van der Waals surface area contributed by atoms with Gasteiger partial charge in [-0.2, -0.15) is 0 Å². The highest BCUT2D eigenvalue weighted by atomic mass is 79.9. The molecule has 2 aromatic rings. The zero-order chi connectivity index (χ0) is 16.9. The van der Waals surface area contributed by atoms with Gasteiger partial charge in [0, 0.05) is 11.0 Å². The van der Waals surface area contributed by atoms with Crippen LogP contribution in [0, 0.1) is 5.82 Å². The zero-order valence-electron chi connectivity index (χ0n) is 12.6. The molecule has 0 aromatic heterocycles. The van der Waals surface area contributed by atoms with Crippen LogP contribution in [0.3, 0.4) is 0 Å². The number of hydrogen-bond donors (Lipinski definition) is 1. The van der Waals surface area contributed by atoms with Crippen molar-refractivity contribution in [1.29, 1.82) is 0 Å². The normalized spacial score (nSPS) is 11.4. The van der Waals surface area contributed by atoms with E-state index in [-0.39, 0.29) is 17.3 Å². The molecule has 0 aliphatic heterocycles. The summed E-state index contributed by atoms with van der Waals surface area (Å²) in [5, 5.41) is 0. The van der Waals surface area contributed by atoms with Crippen molar-refractivity contribution in [3.63, 3.8) is 0 Å². The van der Waals surface area contributed by atoms with Crippen molar-refractivity contribution in [2.24, 2.45) is 0 Å². The van der Waals surface area contributed by atoms with Crippen LogP contribution >= 0.6 is 15.9 Å². The maximum Gasteiger partial charge on any atom is 0.244 e. The fourth-order valence-corrected chi connectivity index (χ4v) is 3.74. The third-order valence-corrected chi connectivity index (χ3v) is 5.09. The van der Waals surface area contributed by atoms with Gasteiger partial charge in [-0.25, -0.2) is 17.5 Å². The monoisotopic (exact) mass is 401 g/mol. The molecular formula is C16H17BrFNO3S. The Hall–Kier alpha value is -1.44. The molecule has 0 saturated heterocycles. The van der Waals surface area contributed by atoms with Crippen LogP contribution in [0.25, 0.3) is 0 Å². The number of ether oxygens (including phenoxy) is 1. The summed E-state index contributed by atoms with van der Waals surface area (Å²) in [6.07, 6.45) is 0.470. The van der Waals surface area contributed by atoms with Gasteiger partial charge in [0.05, 0.1) is 6.61 Å². The van der Waals surface area contributed by atoms with Gasteiger partial charge in [0.15, 0.2) is 0 Å². The van der Waals surface area contributed by atoms with E-state index in [4.69, 9.17) is 4.74 Å². The quantitative estimate of drug-likeness (QED) is 0.771. The Labute approximate surface area is 143 Å². The molecule has 4 nitrogen and oxygen atoms in total. The Morgan fingerprint density at radius 1 is 1.17 bits per heavy atom. The van der Waals surface area contributed by atoms with Gasteiger partial charge in [0.2, 0.25) is 10.0 Å². The lowest BCUT2D eigenvalue weighted by molar-refractivity contribution is 0.331. The molecule has 0 aliphatic carbocycles. The Bertz CT molecular complexity index is 763. The highest BCUT2D eigenvalue weighted by molar-refractivity contribution is 9.10. The molecule has 0 heterocycles. The number of sulfonamides is 1. The van der Waals surface area contributed by atoms with Crippen molar-refractivity contribution in [3.8, 4) is 5.75 Å². The molecule has 0 bridgehead atoms. The van der Waals surface area contributed by atoms with E-state index in [9.17, 15) is 12.8 Å². The standard InChI is InChI=1S/C16H17BrFNO3S/c1-2-22-15-8-5-13(17)11-16(15)23(20,21)19-10-9-12-3-6-14(18)7-4-12/h3-8,11,19H,2,9-10H2,1H3. The van der Waals surface area contributed by atoms with Crippen LogP contribution in [0.4, 0.5) is 4.39 Å². The van der Waals surface area contributed by atoms with E-state index < -0.39 is 10.0 Å². The van der Waals surface area contributed by atoms with Gasteiger partial charge in [0.25, 0.3) is 0 Å². The summed E-state index contributed by atoms with van der Waals surface area (Å²) in [6.45, 7) is 2.38. The first kappa shape index (κ1) is 17.9. The fourth-order valence-electron chi connectivity index (χ4n) is 2.03. The lowest BCUT2D eigenvalue weighted by Crippen LogP contribution is -2.26. The predicted octanol–water partition coefficient (Wildman–Crippen LogP) is 3.51. The fraction of sp³-hybridized carbons (Fsp3) is 0.250. The largest absolute Gasteiger partial charge is 0.492 e. The van der Waals surface area contributed by atoms with Gasteiger partial charge < -0.3 is 4.74 Å². The SMILES string of the molecule is CCOc1ccc(Br)cc1S(=O)(=O)NCCc1ccc(F)cc1. The van der Waals surface area contributed by atoms with E-state index >= 15 is 0 Å². The summed E-state index contributed by atoms with van der Waals surface area (Å²) in [5.41, 5.74) is 0.855. The summed E-state index contributed by atoms with van der Waals surface area (Å²) in [7, 11) is -3.69. The summed E-state index contributed by atoms with van der Waals surface area (Å²) in [4.78, 5) is 0.0906. The Kier molecular flexibility index (Phi) is 6.15. The Balaban J connectivity index is 2.09. The second kappa shape index (κ2) is 7.90. The van der Waals surface area contributed by atoms with Crippen molar-refractivity contribution in [2.45, 2.75) is 18.2 Å². The Morgan fingerprint density at radius 3 is 2.52 bits per heavy atom. The van der Waals surface area contributed by atoms with E-state index in [1.54, 1.807) is 31.2 Å². The molecule has 23 heavy (non-hydrogen) atoms. The average Bonchev–Trinajstić information content (AvgIpc) is 2.51. The van der Waals surface area contributed by atoms with Gasteiger partial charge in [-0.3, -0.25) is 0 Å². The second-order valence-corrected chi connectivity index (χ2v) is 7.45. The molecule has 124 valence electrons. The van der Waals surface area contributed by atoms with Crippen molar-refractivity contribution < 1.29 is 17.5 Å². The molecule has 7 heteroatoms. The molecular weight excluding hydrogens is 385 g/mol. The van der Waals surface area contributed by atoms with E-state index in [1.165, 1.54) is 18.2 Å². The van der Waals surface area contributed by atoms with Gasteiger partial charge in [0.1, 0.15) is 16.5 Å². The van der Waals surface area contributed by atoms with Crippen molar-refractivity contribution in [3.05, 3.63) is 58.3 Å². The average molecular weight is 402 g/mol. The summed E-state index contributed by atoms with van der Waals surface area (Å²) in [6, 6.07) is 10.8. The first-order valence-electron chi connectivity index (χ1n) is 7.09. The third kappa shape index (κ3) is 5.02. The van der Waals surface area contributed by atoms with Crippen molar-refractivity contribution >= 4 is 26.0 Å². The Morgan fingerprint density at radius 2 is 1.87 bits per heavy atom. The smallest absolute Gasteiger partial charge is 0.244 e. The number of halogens is 2. The summed E-state index contributed by atoms with van der Waals surface area (Å²) >= 11 is 3.27.